The molecular weight excluding hydrogens is 326 g/mol. The molecule has 1 aromatic heterocycles. The highest BCUT2D eigenvalue weighted by molar-refractivity contribution is 9.10. The number of furan rings is 1. The lowest BCUT2D eigenvalue weighted by molar-refractivity contribution is 0.0927. The number of hydrogen-bond donors (Lipinski definition) is 1. The zero-order valence-electron chi connectivity index (χ0n) is 10.3. The molecule has 1 N–H and O–H groups in total. The Morgan fingerprint density at radius 2 is 2.00 bits per heavy atom. The Morgan fingerprint density at radius 1 is 1.21 bits per heavy atom. The summed E-state index contributed by atoms with van der Waals surface area (Å²) < 4.78 is 5.74. The van der Waals surface area contributed by atoms with Crippen molar-refractivity contribution in [3.05, 3.63) is 58.5 Å². The number of halogens is 1. The largest absolute Gasteiger partial charge is 0.444 e. The second-order valence-corrected chi connectivity index (χ2v) is 5.78. The van der Waals surface area contributed by atoms with Crippen LogP contribution in [0.25, 0.3) is 0 Å². The van der Waals surface area contributed by atoms with Gasteiger partial charge in [0.1, 0.15) is 0 Å². The summed E-state index contributed by atoms with van der Waals surface area (Å²) in [6, 6.07) is 13.6. The summed E-state index contributed by atoms with van der Waals surface area (Å²) in [4.78, 5) is 11.7. The van der Waals surface area contributed by atoms with E-state index < -0.39 is 0 Å². The lowest BCUT2D eigenvalue weighted by Gasteiger charge is -2.03. The van der Waals surface area contributed by atoms with Gasteiger partial charge in [-0.2, -0.15) is 11.8 Å². The van der Waals surface area contributed by atoms with Crippen molar-refractivity contribution < 1.29 is 9.21 Å². The summed E-state index contributed by atoms with van der Waals surface area (Å²) >= 11 is 4.96. The van der Waals surface area contributed by atoms with Crippen molar-refractivity contribution in [3.63, 3.8) is 0 Å². The Hall–Kier alpha value is -1.20. The number of benzene rings is 1. The lowest BCUT2D eigenvalue weighted by atomic mass is 10.2. The smallest absolute Gasteiger partial charge is 0.287 e. The molecule has 19 heavy (non-hydrogen) atoms. The van der Waals surface area contributed by atoms with E-state index in [9.17, 15) is 4.79 Å². The first-order valence-corrected chi connectivity index (χ1v) is 7.85. The van der Waals surface area contributed by atoms with Crippen molar-refractivity contribution in [3.8, 4) is 0 Å². The number of carbonyl (C=O) groups is 1. The number of hydrogen-bond acceptors (Lipinski definition) is 3. The van der Waals surface area contributed by atoms with E-state index in [4.69, 9.17) is 4.42 Å². The van der Waals surface area contributed by atoms with Gasteiger partial charge in [0, 0.05) is 18.1 Å². The third-order valence-corrected chi connectivity index (χ3v) is 3.90. The van der Waals surface area contributed by atoms with Gasteiger partial charge in [-0.3, -0.25) is 4.79 Å². The molecule has 5 heteroatoms. The van der Waals surface area contributed by atoms with Crippen LogP contribution in [0.15, 0.2) is 51.6 Å². The number of rotatable bonds is 6. The van der Waals surface area contributed by atoms with Gasteiger partial charge in [0.25, 0.3) is 5.91 Å². The maximum absolute atomic E-state index is 11.7. The Morgan fingerprint density at radius 3 is 2.68 bits per heavy atom. The molecule has 0 spiro atoms. The first-order valence-electron chi connectivity index (χ1n) is 5.91. The highest BCUT2D eigenvalue weighted by Crippen LogP contribution is 2.14. The van der Waals surface area contributed by atoms with Crippen LogP contribution in [0, 0.1) is 0 Å². The van der Waals surface area contributed by atoms with Gasteiger partial charge >= 0.3 is 0 Å². The third kappa shape index (κ3) is 4.76. The normalized spacial score (nSPS) is 10.4. The summed E-state index contributed by atoms with van der Waals surface area (Å²) in [5.74, 6) is 2.00. The van der Waals surface area contributed by atoms with Crippen molar-refractivity contribution in [1.29, 1.82) is 0 Å². The second-order valence-electron chi connectivity index (χ2n) is 3.90. The molecule has 0 fully saturated rings. The molecule has 0 aliphatic heterocycles. The minimum atomic E-state index is -0.175. The molecule has 3 nitrogen and oxygen atoms in total. The van der Waals surface area contributed by atoms with Crippen LogP contribution < -0.4 is 5.32 Å². The number of amides is 1. The highest BCUT2D eigenvalue weighted by Gasteiger charge is 2.08. The molecular formula is C14H14BrNO2S. The van der Waals surface area contributed by atoms with Crippen LogP contribution in [-0.2, 0) is 5.75 Å². The molecule has 0 saturated heterocycles. The van der Waals surface area contributed by atoms with Gasteiger partial charge in [-0.15, -0.1) is 0 Å². The van der Waals surface area contributed by atoms with E-state index in [1.54, 1.807) is 23.9 Å². The van der Waals surface area contributed by atoms with Crippen LogP contribution in [0.1, 0.15) is 16.1 Å². The molecule has 0 atom stereocenters. The molecule has 1 aromatic carbocycles. The van der Waals surface area contributed by atoms with Crippen LogP contribution in [0.2, 0.25) is 0 Å². The lowest BCUT2D eigenvalue weighted by Crippen LogP contribution is -2.25. The van der Waals surface area contributed by atoms with Crippen LogP contribution in [0.3, 0.4) is 0 Å². The van der Waals surface area contributed by atoms with Crippen molar-refractivity contribution >= 4 is 33.6 Å². The minimum Gasteiger partial charge on any atom is -0.444 e. The SMILES string of the molecule is O=C(NCCSCc1ccccc1)c1ccc(Br)o1. The van der Waals surface area contributed by atoms with Crippen LogP contribution in [0.4, 0.5) is 0 Å². The monoisotopic (exact) mass is 339 g/mol. The molecule has 1 amide bonds. The Balaban J connectivity index is 1.63. The van der Waals surface area contributed by atoms with E-state index in [1.165, 1.54) is 5.56 Å². The average molecular weight is 340 g/mol. The predicted octanol–water partition coefficient (Wildman–Crippen LogP) is 3.71. The van der Waals surface area contributed by atoms with E-state index in [-0.39, 0.29) is 5.91 Å². The maximum Gasteiger partial charge on any atom is 0.287 e. The molecule has 2 aromatic rings. The molecule has 1 heterocycles. The maximum atomic E-state index is 11.7. The Bertz CT molecular complexity index is 527. The first kappa shape index (κ1) is 14.2. The van der Waals surface area contributed by atoms with Crippen molar-refractivity contribution in [1.82, 2.24) is 5.32 Å². The summed E-state index contributed by atoms with van der Waals surface area (Å²) in [6.45, 7) is 0.634. The van der Waals surface area contributed by atoms with Crippen molar-refractivity contribution in [2.45, 2.75) is 5.75 Å². The zero-order valence-corrected chi connectivity index (χ0v) is 12.7. The molecule has 0 aliphatic carbocycles. The van der Waals surface area contributed by atoms with Gasteiger partial charge in [-0.1, -0.05) is 30.3 Å². The number of carbonyl (C=O) groups excluding carboxylic acids is 1. The van der Waals surface area contributed by atoms with E-state index in [0.29, 0.717) is 17.0 Å². The van der Waals surface area contributed by atoms with Gasteiger partial charge in [0.05, 0.1) is 0 Å². The summed E-state index contributed by atoms with van der Waals surface area (Å²) in [6.07, 6.45) is 0. The van der Waals surface area contributed by atoms with Gasteiger partial charge in [0.2, 0.25) is 0 Å². The summed E-state index contributed by atoms with van der Waals surface area (Å²) in [5, 5.41) is 2.82. The molecule has 0 unspecified atom stereocenters. The fourth-order valence-corrected chi connectivity index (χ4v) is 2.65. The van der Waals surface area contributed by atoms with Crippen molar-refractivity contribution in [2.75, 3.05) is 12.3 Å². The van der Waals surface area contributed by atoms with Gasteiger partial charge < -0.3 is 9.73 Å². The second kappa shape index (κ2) is 7.40. The first-order chi connectivity index (χ1) is 9.25. The predicted molar refractivity (Wildman–Crippen MR) is 81.3 cm³/mol. The molecule has 0 saturated carbocycles. The van der Waals surface area contributed by atoms with E-state index in [1.807, 2.05) is 18.2 Å². The quantitative estimate of drug-likeness (QED) is 0.816. The molecule has 0 aliphatic rings. The number of thioether (sulfide) groups is 1. The third-order valence-electron chi connectivity index (χ3n) is 2.44. The molecule has 100 valence electrons. The van der Waals surface area contributed by atoms with Crippen LogP contribution >= 0.6 is 27.7 Å². The average Bonchev–Trinajstić information content (AvgIpc) is 2.86. The minimum absolute atomic E-state index is 0.175. The van der Waals surface area contributed by atoms with E-state index >= 15 is 0 Å². The van der Waals surface area contributed by atoms with Gasteiger partial charge in [-0.05, 0) is 33.6 Å². The molecule has 0 radical (unpaired) electrons. The standard InChI is InChI=1S/C14H14BrNO2S/c15-13-7-6-12(18-13)14(17)16-8-9-19-10-11-4-2-1-3-5-11/h1-7H,8-10H2,(H,16,17). The van der Waals surface area contributed by atoms with Crippen molar-refractivity contribution in [2.24, 2.45) is 0 Å². The highest BCUT2D eigenvalue weighted by atomic mass is 79.9. The summed E-state index contributed by atoms with van der Waals surface area (Å²) in [7, 11) is 0. The Labute approximate surface area is 124 Å². The topological polar surface area (TPSA) is 42.2 Å². The fraction of sp³-hybridized carbons (Fsp3) is 0.214. The van der Waals surface area contributed by atoms with E-state index in [2.05, 4.69) is 33.4 Å². The van der Waals surface area contributed by atoms with Crippen LogP contribution in [-0.4, -0.2) is 18.2 Å². The Kier molecular flexibility index (Phi) is 5.54. The zero-order chi connectivity index (χ0) is 13.5. The van der Waals surface area contributed by atoms with Gasteiger partial charge in [0.15, 0.2) is 10.4 Å². The van der Waals surface area contributed by atoms with Crippen LogP contribution in [0.5, 0.6) is 0 Å². The molecule has 2 rings (SSSR count). The fourth-order valence-electron chi connectivity index (χ4n) is 1.52. The van der Waals surface area contributed by atoms with E-state index in [0.717, 1.165) is 11.5 Å². The van der Waals surface area contributed by atoms with Gasteiger partial charge in [-0.25, -0.2) is 0 Å². The summed E-state index contributed by atoms with van der Waals surface area (Å²) in [5.41, 5.74) is 1.30. The number of nitrogens with one attached hydrogen (secondary N) is 1. The molecule has 0 bridgehead atoms.